The second-order valence-corrected chi connectivity index (χ2v) is 8.97. The molecule has 1 fully saturated rings. The topological polar surface area (TPSA) is 95.6 Å². The average Bonchev–Trinajstić information content (AvgIpc) is 2.83. The van der Waals surface area contributed by atoms with Crippen molar-refractivity contribution in [2.24, 2.45) is 5.92 Å². The number of halogens is 1. The number of nitrogens with zero attached hydrogens (tertiary/aromatic N) is 2. The van der Waals surface area contributed by atoms with Crippen molar-refractivity contribution < 1.29 is 14.3 Å². The van der Waals surface area contributed by atoms with Gasteiger partial charge in [-0.05, 0) is 69.2 Å². The molecule has 9 heteroatoms. The summed E-state index contributed by atoms with van der Waals surface area (Å²) in [6.45, 7) is 2.04. The first-order chi connectivity index (χ1) is 16.9. The molecule has 4 rings (SSSR count). The normalized spacial score (nSPS) is 14.2. The predicted octanol–water partition coefficient (Wildman–Crippen LogP) is 5.84. The van der Waals surface area contributed by atoms with Crippen LogP contribution in [0.4, 0.5) is 22.0 Å². The van der Waals surface area contributed by atoms with Gasteiger partial charge in [-0.3, -0.25) is 4.79 Å². The van der Waals surface area contributed by atoms with E-state index in [1.165, 1.54) is 0 Å². The maximum Gasteiger partial charge on any atom is 0.323 e. The number of hydrogen-bond acceptors (Lipinski definition) is 5. The molecule has 2 aromatic carbocycles. The molecule has 3 N–H and O–H groups in total. The van der Waals surface area contributed by atoms with Crippen molar-refractivity contribution >= 4 is 40.7 Å². The van der Waals surface area contributed by atoms with Gasteiger partial charge in [-0.2, -0.15) is 0 Å². The molecule has 3 amide bonds. The summed E-state index contributed by atoms with van der Waals surface area (Å²) in [5.74, 6) is 1.78. The number of carbonyl (C=O) groups is 2. The standard InChI is InChI=1S/C26H28ClN5O3/c1-32-13-10-18(11-14-32)15-25(33)31-24-17-21(9-12-28-24)35-20-7-8-23(22(27)16-20)30-26(34)29-19-5-3-2-4-6-19/h2-9,12,16-18H,10-11,13-15H2,1H3,(H,28,31,33)(H2,29,30,34). The number of urea groups is 1. The molecule has 0 saturated carbocycles. The Balaban J connectivity index is 1.31. The highest BCUT2D eigenvalue weighted by atomic mass is 35.5. The van der Waals surface area contributed by atoms with Gasteiger partial charge in [0.05, 0.1) is 10.7 Å². The molecule has 35 heavy (non-hydrogen) atoms. The zero-order chi connectivity index (χ0) is 24.6. The summed E-state index contributed by atoms with van der Waals surface area (Å²) in [4.78, 5) is 31.2. The van der Waals surface area contributed by atoms with Gasteiger partial charge in [0.25, 0.3) is 0 Å². The minimum absolute atomic E-state index is 0.0449. The fraction of sp³-hybridized carbons (Fsp3) is 0.269. The van der Waals surface area contributed by atoms with E-state index in [0.717, 1.165) is 25.9 Å². The van der Waals surface area contributed by atoms with Gasteiger partial charge in [0.15, 0.2) is 0 Å². The largest absolute Gasteiger partial charge is 0.457 e. The number of nitrogens with one attached hydrogen (secondary N) is 3. The molecule has 2 heterocycles. The lowest BCUT2D eigenvalue weighted by Gasteiger charge is -2.28. The van der Waals surface area contributed by atoms with E-state index >= 15 is 0 Å². The summed E-state index contributed by atoms with van der Waals surface area (Å²) in [5.41, 5.74) is 1.12. The molecule has 0 radical (unpaired) electrons. The van der Waals surface area contributed by atoms with Gasteiger partial charge in [-0.15, -0.1) is 0 Å². The molecule has 0 unspecified atom stereocenters. The first-order valence-corrected chi connectivity index (χ1v) is 11.9. The number of carbonyl (C=O) groups excluding carboxylic acids is 2. The maximum absolute atomic E-state index is 12.5. The maximum atomic E-state index is 12.5. The minimum Gasteiger partial charge on any atom is -0.457 e. The fourth-order valence-corrected chi connectivity index (χ4v) is 4.09. The number of likely N-dealkylation sites (tertiary alicyclic amines) is 1. The Morgan fingerprint density at radius 1 is 1.00 bits per heavy atom. The van der Waals surface area contributed by atoms with Crippen molar-refractivity contribution in [3.8, 4) is 11.5 Å². The molecule has 1 aromatic heterocycles. The van der Waals surface area contributed by atoms with Crippen LogP contribution in [-0.2, 0) is 4.79 Å². The van der Waals surface area contributed by atoms with Gasteiger partial charge < -0.3 is 25.6 Å². The van der Waals surface area contributed by atoms with Crippen LogP contribution in [0.2, 0.25) is 5.02 Å². The number of anilines is 3. The Labute approximate surface area is 209 Å². The molecular formula is C26H28ClN5O3. The van der Waals surface area contributed by atoms with E-state index in [-0.39, 0.29) is 5.91 Å². The minimum atomic E-state index is -0.401. The van der Waals surface area contributed by atoms with E-state index in [4.69, 9.17) is 16.3 Å². The highest BCUT2D eigenvalue weighted by Gasteiger charge is 2.19. The van der Waals surface area contributed by atoms with Crippen molar-refractivity contribution in [2.75, 3.05) is 36.1 Å². The van der Waals surface area contributed by atoms with Crippen molar-refractivity contribution in [1.29, 1.82) is 0 Å². The highest BCUT2D eigenvalue weighted by molar-refractivity contribution is 6.34. The van der Waals surface area contributed by atoms with Gasteiger partial charge in [-0.25, -0.2) is 9.78 Å². The third kappa shape index (κ3) is 7.43. The summed E-state index contributed by atoms with van der Waals surface area (Å²) in [7, 11) is 2.10. The molecule has 0 spiro atoms. The number of benzene rings is 2. The lowest BCUT2D eigenvalue weighted by Crippen LogP contribution is -2.32. The average molecular weight is 494 g/mol. The van der Waals surface area contributed by atoms with E-state index in [0.29, 0.717) is 46.1 Å². The van der Waals surface area contributed by atoms with E-state index in [2.05, 4.69) is 32.9 Å². The van der Waals surface area contributed by atoms with Gasteiger partial charge in [-0.1, -0.05) is 29.8 Å². The van der Waals surface area contributed by atoms with E-state index in [1.54, 1.807) is 48.7 Å². The number of aromatic nitrogens is 1. The number of piperidine rings is 1. The van der Waals surface area contributed by atoms with Gasteiger partial charge >= 0.3 is 6.03 Å². The molecule has 1 aliphatic rings. The van der Waals surface area contributed by atoms with E-state index < -0.39 is 6.03 Å². The quantitative estimate of drug-likeness (QED) is 0.384. The van der Waals surface area contributed by atoms with Crippen LogP contribution in [0.5, 0.6) is 11.5 Å². The summed E-state index contributed by atoms with van der Waals surface area (Å²) in [6.07, 6.45) is 4.12. The third-order valence-corrected chi connectivity index (χ3v) is 6.08. The molecule has 1 aliphatic heterocycles. The number of ether oxygens (including phenoxy) is 1. The zero-order valence-electron chi connectivity index (χ0n) is 19.5. The van der Waals surface area contributed by atoms with Crippen molar-refractivity contribution in [2.45, 2.75) is 19.3 Å². The van der Waals surface area contributed by atoms with Gasteiger partial charge in [0.1, 0.15) is 17.3 Å². The number of pyridine rings is 1. The van der Waals surface area contributed by atoms with E-state index in [9.17, 15) is 9.59 Å². The Kier molecular flexibility index (Phi) is 8.18. The van der Waals surface area contributed by atoms with Crippen molar-refractivity contribution in [3.05, 3.63) is 71.9 Å². The third-order valence-electron chi connectivity index (χ3n) is 5.77. The van der Waals surface area contributed by atoms with Crippen LogP contribution < -0.4 is 20.7 Å². The second kappa shape index (κ2) is 11.7. The number of amides is 3. The van der Waals surface area contributed by atoms with Crippen LogP contribution in [0.1, 0.15) is 19.3 Å². The summed E-state index contributed by atoms with van der Waals surface area (Å²) in [6, 6.07) is 17.0. The Morgan fingerprint density at radius 2 is 1.74 bits per heavy atom. The number of rotatable bonds is 7. The number of hydrogen-bond donors (Lipinski definition) is 3. The Morgan fingerprint density at radius 3 is 2.49 bits per heavy atom. The molecule has 182 valence electrons. The van der Waals surface area contributed by atoms with Crippen LogP contribution in [0.15, 0.2) is 66.9 Å². The molecule has 3 aromatic rings. The lowest BCUT2D eigenvalue weighted by atomic mass is 9.93. The summed E-state index contributed by atoms with van der Waals surface area (Å²) >= 11 is 6.35. The molecule has 0 atom stereocenters. The van der Waals surface area contributed by atoms with Crippen molar-refractivity contribution in [3.63, 3.8) is 0 Å². The van der Waals surface area contributed by atoms with Crippen LogP contribution in [0.25, 0.3) is 0 Å². The predicted molar refractivity (Wildman–Crippen MR) is 138 cm³/mol. The van der Waals surface area contributed by atoms with Crippen LogP contribution in [0.3, 0.4) is 0 Å². The van der Waals surface area contributed by atoms with Gasteiger partial charge in [0.2, 0.25) is 5.91 Å². The molecular weight excluding hydrogens is 466 g/mol. The first kappa shape index (κ1) is 24.5. The summed E-state index contributed by atoms with van der Waals surface area (Å²) in [5, 5.41) is 8.65. The lowest BCUT2D eigenvalue weighted by molar-refractivity contribution is -0.117. The molecule has 0 aliphatic carbocycles. The smallest absolute Gasteiger partial charge is 0.323 e. The van der Waals surface area contributed by atoms with Crippen LogP contribution in [-0.4, -0.2) is 42.0 Å². The molecule has 1 saturated heterocycles. The van der Waals surface area contributed by atoms with Gasteiger partial charge in [0, 0.05) is 30.4 Å². The SMILES string of the molecule is CN1CCC(CC(=O)Nc2cc(Oc3ccc(NC(=O)Nc4ccccc4)c(Cl)c3)ccn2)CC1. The van der Waals surface area contributed by atoms with Crippen LogP contribution >= 0.6 is 11.6 Å². The van der Waals surface area contributed by atoms with Crippen LogP contribution in [0, 0.1) is 5.92 Å². The van der Waals surface area contributed by atoms with Crippen molar-refractivity contribution in [1.82, 2.24) is 9.88 Å². The van der Waals surface area contributed by atoms with E-state index in [1.807, 2.05) is 18.2 Å². The molecule has 0 bridgehead atoms. The highest BCUT2D eigenvalue weighted by Crippen LogP contribution is 2.30. The summed E-state index contributed by atoms with van der Waals surface area (Å²) < 4.78 is 5.89. The number of para-hydroxylation sites is 1. The monoisotopic (exact) mass is 493 g/mol. The Hall–Kier alpha value is -3.62. The Bertz CT molecular complexity index is 1170. The zero-order valence-corrected chi connectivity index (χ0v) is 20.2. The first-order valence-electron chi connectivity index (χ1n) is 11.5. The fourth-order valence-electron chi connectivity index (χ4n) is 3.87. The second-order valence-electron chi connectivity index (χ2n) is 8.56. The molecule has 8 nitrogen and oxygen atoms in total.